The van der Waals surface area contributed by atoms with Gasteiger partial charge in [-0.15, -0.1) is 0 Å². The van der Waals surface area contributed by atoms with Crippen LogP contribution < -0.4 is 66.3 Å². The van der Waals surface area contributed by atoms with Gasteiger partial charge in [-0.1, -0.05) is 86.6 Å². The van der Waals surface area contributed by atoms with E-state index in [1.54, 1.807) is 42.5 Å². The average Bonchev–Trinajstić information content (AvgIpc) is 3.77. The van der Waals surface area contributed by atoms with E-state index in [9.17, 15) is 48.3 Å². The van der Waals surface area contributed by atoms with Crippen LogP contribution in [0.4, 0.5) is 0 Å². The van der Waals surface area contributed by atoms with Crippen LogP contribution in [0, 0.1) is 5.92 Å². The van der Waals surface area contributed by atoms with Crippen LogP contribution in [0.2, 0.25) is 0 Å². The molecule has 1 saturated heterocycles. The normalized spacial score (nSPS) is 14.9. The molecule has 0 aliphatic carbocycles. The Morgan fingerprint density at radius 1 is 0.619 bits per heavy atom. The maximum Gasteiger partial charge on any atom is 0.245 e. The molecule has 0 saturated carbocycles. The predicted molar refractivity (Wildman–Crippen MR) is 313 cm³/mol. The molecule has 10 amide bonds. The molecule has 0 unspecified atom stereocenters. The zero-order valence-electron chi connectivity index (χ0n) is 47.8. The molecule has 456 valence electrons. The molecule has 7 atom stereocenters. The Bertz CT molecular complexity index is 2780. The number of hydrogen-bond donors (Lipinski definition) is 13. The monoisotopic (exact) mass is 1170 g/mol. The lowest BCUT2D eigenvalue weighted by Gasteiger charge is -2.32. The summed E-state index contributed by atoms with van der Waals surface area (Å²) in [4.78, 5) is 148. The molecule has 0 spiro atoms. The first-order valence-corrected chi connectivity index (χ1v) is 27.8. The van der Waals surface area contributed by atoms with Gasteiger partial charge in [0.15, 0.2) is 11.9 Å². The van der Waals surface area contributed by atoms with E-state index in [-0.39, 0.29) is 108 Å². The number of carbonyl (C=O) groups is 10. The highest BCUT2D eigenvalue weighted by Gasteiger charge is 2.40. The fourth-order valence-electron chi connectivity index (χ4n) is 9.43. The van der Waals surface area contributed by atoms with Gasteiger partial charge in [0, 0.05) is 45.9 Å². The Labute approximate surface area is 488 Å². The van der Waals surface area contributed by atoms with Crippen molar-refractivity contribution in [1.29, 1.82) is 0 Å². The number of nitrogens with two attached hydrogens (primary N) is 6. The summed E-state index contributed by atoms with van der Waals surface area (Å²) < 4.78 is 0. The number of phenolic OH excluding ortho intramolecular Hbond substituents is 1. The number of rotatable bonds is 34. The first kappa shape index (κ1) is 67.2. The van der Waals surface area contributed by atoms with Crippen molar-refractivity contribution in [3.8, 4) is 5.75 Å². The van der Waals surface area contributed by atoms with Crippen molar-refractivity contribution in [2.45, 2.75) is 134 Å². The summed E-state index contributed by atoms with van der Waals surface area (Å²) in [5.74, 6) is -8.22. The van der Waals surface area contributed by atoms with E-state index in [0.717, 1.165) is 5.56 Å². The number of nitrogens with zero attached hydrogens (tertiary/aromatic N) is 4. The molecular formula is C57H82N16O11. The molecule has 84 heavy (non-hydrogen) atoms. The van der Waals surface area contributed by atoms with Crippen LogP contribution in [-0.2, 0) is 67.2 Å². The molecule has 1 heterocycles. The smallest absolute Gasteiger partial charge is 0.245 e. The molecular weight excluding hydrogens is 1080 g/mol. The Morgan fingerprint density at radius 3 is 1.67 bits per heavy atom. The van der Waals surface area contributed by atoms with Crippen molar-refractivity contribution in [2.24, 2.45) is 50.3 Å². The van der Waals surface area contributed by atoms with Crippen molar-refractivity contribution in [3.63, 3.8) is 0 Å². The van der Waals surface area contributed by atoms with Crippen molar-refractivity contribution in [1.82, 2.24) is 41.7 Å². The van der Waals surface area contributed by atoms with Crippen molar-refractivity contribution in [2.75, 3.05) is 32.7 Å². The quantitative estimate of drug-likeness (QED) is 0.0170. The van der Waals surface area contributed by atoms with Crippen LogP contribution >= 0.6 is 0 Å². The molecule has 0 radical (unpaired) electrons. The minimum absolute atomic E-state index is 0.00470. The number of aliphatic imine (C=N–C) groups is 2. The SMILES string of the molecule is CC(=O)N[C@@H](Cc1ccc(O)cc1)C(=O)N[C@@H](Cc1ccccc1)C(=O)N[C@@H](CC(C)C)C(=O)N(CCc1ccccc1)CC(=O)N[C@@H](CCCN=C(N)N)C(=O)N1CCC[C@H]1C(=O)N[C@@H](CCCN=C(N)N)C(=O)N[C@@H](CC(N)=O)C(N)=O. The van der Waals surface area contributed by atoms with Crippen LogP contribution in [0.25, 0.3) is 0 Å². The van der Waals surface area contributed by atoms with Gasteiger partial charge in [-0.3, -0.25) is 57.9 Å². The summed E-state index contributed by atoms with van der Waals surface area (Å²) in [6.45, 7) is 4.50. The van der Waals surface area contributed by atoms with Crippen LogP contribution in [0.3, 0.4) is 0 Å². The summed E-state index contributed by atoms with van der Waals surface area (Å²) >= 11 is 0. The van der Waals surface area contributed by atoms with E-state index >= 15 is 4.79 Å². The molecule has 1 aliphatic rings. The zero-order chi connectivity index (χ0) is 61.9. The van der Waals surface area contributed by atoms with Gasteiger partial charge in [0.1, 0.15) is 48.0 Å². The summed E-state index contributed by atoms with van der Waals surface area (Å²) in [6.07, 6.45) is 0.489. The van der Waals surface area contributed by atoms with E-state index in [2.05, 4.69) is 41.9 Å². The maximum atomic E-state index is 15.1. The second-order valence-electron chi connectivity index (χ2n) is 21.0. The Kier molecular flexibility index (Phi) is 27.4. The third-order valence-corrected chi connectivity index (χ3v) is 13.5. The molecule has 0 aromatic heterocycles. The number of benzene rings is 3. The highest BCUT2D eigenvalue weighted by atomic mass is 16.3. The third kappa shape index (κ3) is 23.7. The van der Waals surface area contributed by atoms with E-state index in [0.29, 0.717) is 17.5 Å². The van der Waals surface area contributed by atoms with E-state index in [1.807, 2.05) is 44.2 Å². The number of carbonyl (C=O) groups excluding carboxylic acids is 10. The number of likely N-dealkylation sites (tertiary alicyclic amines) is 1. The predicted octanol–water partition coefficient (Wildman–Crippen LogP) is -2.32. The molecule has 27 nitrogen and oxygen atoms in total. The largest absolute Gasteiger partial charge is 0.508 e. The average molecular weight is 1170 g/mol. The van der Waals surface area contributed by atoms with Gasteiger partial charge in [-0.2, -0.15) is 0 Å². The van der Waals surface area contributed by atoms with Crippen LogP contribution in [0.5, 0.6) is 5.75 Å². The second-order valence-corrected chi connectivity index (χ2v) is 21.0. The van der Waals surface area contributed by atoms with Gasteiger partial charge in [0.25, 0.3) is 0 Å². The maximum absolute atomic E-state index is 15.1. The van der Waals surface area contributed by atoms with Crippen molar-refractivity contribution in [3.05, 3.63) is 102 Å². The summed E-state index contributed by atoms with van der Waals surface area (Å²) in [6, 6.07) is 15.1. The number of primary amides is 2. The molecule has 1 aliphatic heterocycles. The fraction of sp³-hybridized carbons (Fsp3) is 0.474. The standard InChI is InChI=1S/C57H82N16O11/c1-34(2)29-45(71-52(81)44(30-37-15-8-5-9-16-37)70-51(80)43(66-35(3)74)31-38-20-22-39(75)23-21-38)54(83)72(28-24-36-13-6-4-7-14-36)33-48(77)67-41(18-11-26-65-57(62)63)55(84)73-27-12-19-46(73)53(82)68-40(17-10-25-64-56(60)61)50(79)69-42(49(59)78)32-47(58)76/h4-9,13-16,20-23,34,40-46,75H,10-12,17-19,24-33H2,1-3H3,(H2,58,76)(H2,59,78)(H,66,74)(H,67,77)(H,68,82)(H,69,79)(H,70,80)(H,71,81)(H4,60,61,64)(H4,62,63,65)/t40-,41-,42-,43-,44-,45-,46-/m0/s1. The van der Waals surface area contributed by atoms with E-state index in [1.165, 1.54) is 28.9 Å². The van der Waals surface area contributed by atoms with E-state index < -0.39 is 114 Å². The van der Waals surface area contributed by atoms with Gasteiger partial charge in [0.05, 0.1) is 13.0 Å². The molecule has 1 fully saturated rings. The zero-order valence-corrected chi connectivity index (χ0v) is 47.8. The third-order valence-electron chi connectivity index (χ3n) is 13.5. The van der Waals surface area contributed by atoms with Gasteiger partial charge < -0.3 is 81.2 Å². The number of hydrogen-bond acceptors (Lipinski definition) is 13. The van der Waals surface area contributed by atoms with Crippen LogP contribution in [0.15, 0.2) is 94.9 Å². The van der Waals surface area contributed by atoms with Crippen molar-refractivity contribution < 1.29 is 53.1 Å². The molecule has 0 bridgehead atoms. The number of aromatic hydroxyl groups is 1. The van der Waals surface area contributed by atoms with Crippen molar-refractivity contribution >= 4 is 71.0 Å². The lowest BCUT2D eigenvalue weighted by molar-refractivity contribution is -0.143. The summed E-state index contributed by atoms with van der Waals surface area (Å²) in [5.41, 5.74) is 34.9. The topological polar surface area (TPSA) is 450 Å². The van der Waals surface area contributed by atoms with Gasteiger partial charge in [-0.25, -0.2) is 0 Å². The number of amides is 10. The summed E-state index contributed by atoms with van der Waals surface area (Å²) in [7, 11) is 0. The molecule has 4 rings (SSSR count). The highest BCUT2D eigenvalue weighted by molar-refractivity contribution is 5.98. The number of guanidine groups is 2. The molecule has 19 N–H and O–H groups in total. The van der Waals surface area contributed by atoms with Gasteiger partial charge in [-0.05, 0) is 86.1 Å². The molecule has 3 aromatic rings. The molecule has 27 heteroatoms. The Balaban J connectivity index is 1.64. The lowest BCUT2D eigenvalue weighted by Crippen LogP contribution is -2.59. The van der Waals surface area contributed by atoms with Gasteiger partial charge >= 0.3 is 0 Å². The second kappa shape index (κ2) is 34.2. The minimum atomic E-state index is -1.50. The van der Waals surface area contributed by atoms with Crippen LogP contribution in [0.1, 0.15) is 88.8 Å². The van der Waals surface area contributed by atoms with E-state index in [4.69, 9.17) is 34.4 Å². The van der Waals surface area contributed by atoms with Crippen LogP contribution in [-0.4, -0.2) is 161 Å². The van der Waals surface area contributed by atoms with Gasteiger partial charge in [0.2, 0.25) is 59.1 Å². The fourth-order valence-corrected chi connectivity index (χ4v) is 9.43. The first-order chi connectivity index (χ1) is 39.9. The summed E-state index contributed by atoms with van der Waals surface area (Å²) in [5, 5.41) is 26.0. The first-order valence-electron chi connectivity index (χ1n) is 27.8. The lowest BCUT2D eigenvalue weighted by atomic mass is 9.99. The number of nitrogens with one attached hydrogen (secondary N) is 6. The highest BCUT2D eigenvalue weighted by Crippen LogP contribution is 2.21. The Morgan fingerprint density at radius 2 is 1.13 bits per heavy atom. The molecule has 3 aromatic carbocycles. The number of phenols is 1. The Hall–Kier alpha value is -9.30. The minimum Gasteiger partial charge on any atom is -0.508 e.